The van der Waals surface area contributed by atoms with Crippen LogP contribution in [0.25, 0.3) is 0 Å². The number of ether oxygens (including phenoxy) is 3. The number of aliphatic hydroxyl groups excluding tert-OH is 2. The summed E-state index contributed by atoms with van der Waals surface area (Å²) in [6, 6.07) is 0. The lowest BCUT2D eigenvalue weighted by Gasteiger charge is -2.62. The third-order valence-corrected chi connectivity index (χ3v) is 31.7. The van der Waals surface area contributed by atoms with Crippen molar-refractivity contribution in [3.05, 3.63) is 0 Å². The van der Waals surface area contributed by atoms with Gasteiger partial charge in [0, 0.05) is 27.2 Å². The van der Waals surface area contributed by atoms with Crippen molar-refractivity contribution in [2.45, 2.75) is 277 Å². The fourth-order valence-electron chi connectivity index (χ4n) is 27.0. The summed E-state index contributed by atoms with van der Waals surface area (Å²) < 4.78 is 95.4. The average Bonchev–Trinajstić information content (AvgIpc) is 1.72. The number of alkyl halides is 6. The van der Waals surface area contributed by atoms with E-state index in [-0.39, 0.29) is 39.4 Å². The number of hydrogen-bond acceptors (Lipinski definition) is 9. The number of methoxy groups -OCH3 is 3. The van der Waals surface area contributed by atoms with Crippen LogP contribution in [0.1, 0.15) is 236 Å². The van der Waals surface area contributed by atoms with Gasteiger partial charge in [-0.2, -0.15) is 26.3 Å². The molecule has 12 saturated carbocycles. The van der Waals surface area contributed by atoms with E-state index in [1.807, 2.05) is 0 Å². The van der Waals surface area contributed by atoms with E-state index in [1.165, 1.54) is 44.8 Å². The SMILES string of the molecule is COC[C@]1(O)CC[C@@]2(C)[C@H](CC[C@@H]3[C@@H]2CC[C@]2(C)[C@@H]([C@H](C)C=O)CC[C@@H]32)C1.COC[C@]1(O)CC[C@@]2(C)[C@H](CC[C@@H]3[C@@H]2CC[C@]2(C)[C@@H]([C@H](C)[C@@H](O)C(F)(F)F)CC[C@@H]32)C1.COC[C@]1(O)CC[C@@]2(C)[C@H](CC[C@@H]3[C@@H]2CC[C@]2(C)[C@@H]([C@H](C)[C@H](O)C(F)(F)F)CC[C@@H]32)C1. The number of carbonyl (C=O) groups excluding carboxylic acids is 1. The van der Waals surface area contributed by atoms with E-state index in [9.17, 15) is 56.7 Å². The van der Waals surface area contributed by atoms with E-state index in [2.05, 4.69) is 48.5 Å². The van der Waals surface area contributed by atoms with Gasteiger partial charge >= 0.3 is 12.4 Å². The molecular formula is C74H122F6O9. The summed E-state index contributed by atoms with van der Waals surface area (Å²) in [5.41, 5.74) is -1.07. The molecule has 15 heteroatoms. The Hall–Kier alpha value is -1.07. The summed E-state index contributed by atoms with van der Waals surface area (Å²) >= 11 is 0. The highest BCUT2D eigenvalue weighted by Crippen LogP contribution is 2.73. The minimum absolute atomic E-state index is 0.0706. The van der Waals surface area contributed by atoms with Crippen molar-refractivity contribution >= 4 is 6.29 Å². The number of carbonyl (C=O) groups is 1. The maximum absolute atomic E-state index is 13.2. The molecule has 0 unspecified atom stereocenters. The summed E-state index contributed by atoms with van der Waals surface area (Å²) in [7, 11) is 5.01. The van der Waals surface area contributed by atoms with Crippen LogP contribution in [0.15, 0.2) is 0 Å². The van der Waals surface area contributed by atoms with Gasteiger partial charge in [-0.25, -0.2) is 0 Å². The van der Waals surface area contributed by atoms with Crippen LogP contribution in [0.3, 0.4) is 0 Å². The summed E-state index contributed by atoms with van der Waals surface area (Å²) in [5, 5.41) is 52.9. The van der Waals surface area contributed by atoms with Crippen LogP contribution < -0.4 is 0 Å². The van der Waals surface area contributed by atoms with Crippen molar-refractivity contribution in [1.82, 2.24) is 0 Å². The van der Waals surface area contributed by atoms with Crippen LogP contribution >= 0.6 is 0 Å². The Morgan fingerprint density at radius 2 is 0.663 bits per heavy atom. The summed E-state index contributed by atoms with van der Waals surface area (Å²) in [4.78, 5) is 11.5. The molecule has 0 radical (unpaired) electrons. The van der Waals surface area contributed by atoms with Crippen molar-refractivity contribution in [2.24, 2.45) is 139 Å². The Kier molecular flexibility index (Phi) is 20.2. The average molecular weight is 1270 g/mol. The van der Waals surface area contributed by atoms with Crippen LogP contribution in [0.4, 0.5) is 26.3 Å². The maximum atomic E-state index is 13.2. The molecule has 12 rings (SSSR count). The molecule has 29 atom stereocenters. The molecule has 0 spiro atoms. The van der Waals surface area contributed by atoms with E-state index < -0.39 is 53.2 Å². The topological polar surface area (TPSA) is 146 Å². The van der Waals surface area contributed by atoms with Crippen LogP contribution in [0.5, 0.6) is 0 Å². The second kappa shape index (κ2) is 25.4. The summed E-state index contributed by atoms with van der Waals surface area (Å²) in [6.45, 7) is 21.0. The third kappa shape index (κ3) is 12.4. The molecule has 0 heterocycles. The molecule has 89 heavy (non-hydrogen) atoms. The highest BCUT2D eigenvalue weighted by molar-refractivity contribution is 5.53. The van der Waals surface area contributed by atoms with Gasteiger partial charge in [0.1, 0.15) is 6.29 Å². The number of hydrogen-bond donors (Lipinski definition) is 5. The highest BCUT2D eigenvalue weighted by atomic mass is 19.4. The fourth-order valence-corrected chi connectivity index (χ4v) is 27.0. The zero-order chi connectivity index (χ0) is 65.1. The van der Waals surface area contributed by atoms with Crippen LogP contribution in [-0.4, -0.2) is 114 Å². The van der Waals surface area contributed by atoms with E-state index >= 15 is 0 Å². The monoisotopic (exact) mass is 1270 g/mol. The molecule has 12 fully saturated rings. The Morgan fingerprint density at radius 3 is 0.933 bits per heavy atom. The second-order valence-electron chi connectivity index (χ2n) is 35.4. The Bertz CT molecular complexity index is 2320. The molecule has 0 aromatic heterocycles. The fraction of sp³-hybridized carbons (Fsp3) is 0.986. The lowest BCUT2D eigenvalue weighted by Crippen LogP contribution is -2.57. The normalized spacial score (nSPS) is 50.7. The van der Waals surface area contributed by atoms with Crippen molar-refractivity contribution < 1.29 is 70.9 Å². The quantitative estimate of drug-likeness (QED) is 0.0952. The number of rotatable bonds is 12. The van der Waals surface area contributed by atoms with Gasteiger partial charge in [0.15, 0.2) is 12.2 Å². The molecule has 0 aliphatic heterocycles. The number of aldehydes is 1. The first-order chi connectivity index (χ1) is 41.5. The first-order valence-corrected chi connectivity index (χ1v) is 36.1. The first kappa shape index (κ1) is 70.7. The Labute approximate surface area is 532 Å². The molecule has 0 aromatic carbocycles. The van der Waals surface area contributed by atoms with Gasteiger partial charge in [-0.3, -0.25) is 0 Å². The standard InChI is InChI=1S/2C25H41F3O3.C24H40O3/c2*1-15(21(29)25(26,27)28)18-7-8-19-17-6-5-16-13-24(30,14-31-4)12-11-22(16,2)20(17)9-10-23(18,19)3;1-16(14-25)19-7-8-20-18-6-5-17-13-24(26,15-27-4)12-11-22(17,2)21(18)9-10-23(19,20)3/h2*15-21,29-30H,5-14H2,1-4H3;14,16-21,26H,5-13,15H2,1-4H3/t15-,16+,17-,18+,19-,20-,21+,22-,23+,24-;15-,16+,17-,18+,19-,20-,21-,22-,23+,24-;16-,17-,18+,19-,20+,21+,22+,23-,24+/m001/s1. The Morgan fingerprint density at radius 1 is 0.393 bits per heavy atom. The zero-order valence-electron chi connectivity index (χ0n) is 57.0. The number of fused-ring (bicyclic) bond motifs is 15. The van der Waals surface area contributed by atoms with Gasteiger partial charge in [-0.15, -0.1) is 0 Å². The lowest BCUT2D eigenvalue weighted by atomic mass is 9.43. The molecule has 0 saturated heterocycles. The minimum Gasteiger partial charge on any atom is -0.387 e. The van der Waals surface area contributed by atoms with Gasteiger partial charge in [-0.05, 0) is 306 Å². The molecule has 0 amide bonds. The van der Waals surface area contributed by atoms with Crippen molar-refractivity contribution in [3.8, 4) is 0 Å². The van der Waals surface area contributed by atoms with Crippen LogP contribution in [-0.2, 0) is 19.0 Å². The summed E-state index contributed by atoms with van der Waals surface area (Å²) in [6.07, 6.45) is 15.7. The predicted molar refractivity (Wildman–Crippen MR) is 334 cm³/mol. The van der Waals surface area contributed by atoms with E-state index in [0.717, 1.165) is 153 Å². The third-order valence-electron chi connectivity index (χ3n) is 31.7. The molecule has 514 valence electrons. The van der Waals surface area contributed by atoms with Gasteiger partial charge in [0.25, 0.3) is 0 Å². The maximum Gasteiger partial charge on any atom is 0.414 e. The van der Waals surface area contributed by atoms with Crippen molar-refractivity contribution in [2.75, 3.05) is 41.2 Å². The van der Waals surface area contributed by atoms with Crippen molar-refractivity contribution in [3.63, 3.8) is 0 Å². The molecule has 9 nitrogen and oxygen atoms in total. The van der Waals surface area contributed by atoms with E-state index in [4.69, 9.17) is 14.2 Å². The predicted octanol–water partition coefficient (Wildman–Crippen LogP) is 16.0. The summed E-state index contributed by atoms with van der Waals surface area (Å²) in [5.74, 6) is 6.47. The minimum atomic E-state index is -4.54. The lowest BCUT2D eigenvalue weighted by molar-refractivity contribution is -0.228. The molecule has 12 aliphatic carbocycles. The van der Waals surface area contributed by atoms with Crippen molar-refractivity contribution in [1.29, 1.82) is 0 Å². The molecule has 12 aliphatic rings. The van der Waals surface area contributed by atoms with Crippen LogP contribution in [0.2, 0.25) is 0 Å². The Balaban J connectivity index is 0.000000148. The largest absolute Gasteiger partial charge is 0.414 e. The molecule has 5 N–H and O–H groups in total. The zero-order valence-corrected chi connectivity index (χ0v) is 57.0. The van der Waals surface area contributed by atoms with E-state index in [0.29, 0.717) is 89.8 Å². The van der Waals surface area contributed by atoms with Gasteiger partial charge < -0.3 is 44.5 Å². The smallest absolute Gasteiger partial charge is 0.387 e. The van der Waals surface area contributed by atoms with Crippen LogP contribution in [0, 0.1) is 139 Å². The second-order valence-corrected chi connectivity index (χ2v) is 35.4. The van der Waals surface area contributed by atoms with Gasteiger partial charge in [-0.1, -0.05) is 62.3 Å². The van der Waals surface area contributed by atoms with E-state index in [1.54, 1.807) is 35.2 Å². The number of aliphatic hydroxyl groups is 5. The molecular weight excluding hydrogens is 1150 g/mol. The molecule has 0 bridgehead atoms. The highest BCUT2D eigenvalue weighted by Gasteiger charge is 2.67. The first-order valence-electron chi connectivity index (χ1n) is 36.1. The molecule has 0 aromatic rings. The van der Waals surface area contributed by atoms with Gasteiger partial charge in [0.2, 0.25) is 0 Å². The number of halogens is 6. The van der Waals surface area contributed by atoms with Gasteiger partial charge in [0.05, 0.1) is 36.6 Å².